The number of amidine groups is 2. The van der Waals surface area contributed by atoms with Gasteiger partial charge in [0, 0.05) is 17.8 Å². The van der Waals surface area contributed by atoms with Gasteiger partial charge in [-0.15, -0.1) is 0 Å². The topological polar surface area (TPSA) is 102 Å². The third-order valence-electron chi connectivity index (χ3n) is 6.04. The molecule has 1 aromatic rings. The highest BCUT2D eigenvalue weighted by atomic mass is 32.2. The Hall–Kier alpha value is -2.10. The summed E-state index contributed by atoms with van der Waals surface area (Å²) in [6.45, 7) is 4.61. The highest BCUT2D eigenvalue weighted by Gasteiger charge is 2.43. The van der Waals surface area contributed by atoms with E-state index in [0.717, 1.165) is 24.3 Å². The van der Waals surface area contributed by atoms with E-state index in [1.807, 2.05) is 43.0 Å². The average Bonchev–Trinajstić information content (AvgIpc) is 3.15. The second kappa shape index (κ2) is 10.0. The van der Waals surface area contributed by atoms with Crippen LogP contribution >= 0.6 is 11.8 Å². The van der Waals surface area contributed by atoms with E-state index in [2.05, 4.69) is 16.2 Å². The Morgan fingerprint density at radius 2 is 2.00 bits per heavy atom. The summed E-state index contributed by atoms with van der Waals surface area (Å²) in [6, 6.07) is 8.08. The molecule has 3 aliphatic rings. The number of carbonyl (C=O) groups excluding carboxylic acids is 1. The van der Waals surface area contributed by atoms with Gasteiger partial charge in [-0.2, -0.15) is 0 Å². The van der Waals surface area contributed by atoms with Gasteiger partial charge in [0.1, 0.15) is 17.8 Å². The van der Waals surface area contributed by atoms with E-state index >= 15 is 0 Å². The van der Waals surface area contributed by atoms with Gasteiger partial charge in [-0.3, -0.25) is 20.5 Å². The number of rotatable bonds is 6. The lowest BCUT2D eigenvalue weighted by Gasteiger charge is -2.36. The van der Waals surface area contributed by atoms with Gasteiger partial charge in [0.15, 0.2) is 5.17 Å². The number of ether oxygens (including phenoxy) is 1. The highest BCUT2D eigenvalue weighted by Crippen LogP contribution is 2.32. The number of carbonyl (C=O) groups is 1. The monoisotopic (exact) mass is 444 g/mol. The Morgan fingerprint density at radius 3 is 2.71 bits per heavy atom. The van der Waals surface area contributed by atoms with Crippen LogP contribution in [-0.2, 0) is 4.79 Å². The number of amides is 1. The Labute approximate surface area is 188 Å². The number of nitrogens with one attached hydrogen (secondary N) is 4. The van der Waals surface area contributed by atoms with Crippen molar-refractivity contribution in [3.63, 3.8) is 0 Å². The van der Waals surface area contributed by atoms with E-state index < -0.39 is 0 Å². The van der Waals surface area contributed by atoms with Crippen molar-refractivity contribution >= 4 is 34.4 Å². The van der Waals surface area contributed by atoms with Crippen molar-refractivity contribution in [2.45, 2.75) is 64.2 Å². The Bertz CT molecular complexity index is 824. The fraction of sp³-hybridized carbons (Fsp3) is 0.591. The number of anilines is 1. The number of hydrazine groups is 1. The molecule has 0 aromatic heterocycles. The molecule has 3 unspecified atom stereocenters. The predicted octanol–water partition coefficient (Wildman–Crippen LogP) is 2.86. The first-order valence-corrected chi connectivity index (χ1v) is 12.2. The summed E-state index contributed by atoms with van der Waals surface area (Å²) in [4.78, 5) is 19.3. The molecule has 1 saturated heterocycles. The van der Waals surface area contributed by atoms with Crippen molar-refractivity contribution in [2.75, 3.05) is 17.3 Å². The fourth-order valence-electron chi connectivity index (χ4n) is 4.45. The molecule has 2 heterocycles. The smallest absolute Gasteiger partial charge is 0.230 e. The van der Waals surface area contributed by atoms with Crippen LogP contribution in [0.25, 0.3) is 0 Å². The van der Waals surface area contributed by atoms with Crippen LogP contribution in [0.4, 0.5) is 5.69 Å². The summed E-state index contributed by atoms with van der Waals surface area (Å²) in [5, 5.41) is 12.7. The van der Waals surface area contributed by atoms with Crippen LogP contribution in [0, 0.1) is 11.3 Å². The van der Waals surface area contributed by atoms with Crippen LogP contribution < -0.4 is 25.8 Å². The van der Waals surface area contributed by atoms with Crippen molar-refractivity contribution in [1.82, 2.24) is 16.2 Å². The molecule has 1 aromatic carbocycles. The molecule has 1 amide bonds. The third-order valence-corrected chi connectivity index (χ3v) is 7.00. The average molecular weight is 445 g/mol. The van der Waals surface area contributed by atoms with Gasteiger partial charge in [0.05, 0.1) is 18.3 Å². The maximum atomic E-state index is 12.6. The van der Waals surface area contributed by atoms with Gasteiger partial charge in [0.2, 0.25) is 5.91 Å². The van der Waals surface area contributed by atoms with Crippen LogP contribution in [0.1, 0.15) is 46.0 Å². The minimum absolute atomic E-state index is 0.0331. The van der Waals surface area contributed by atoms with Crippen molar-refractivity contribution in [3.05, 3.63) is 24.3 Å². The second-order valence-corrected chi connectivity index (χ2v) is 9.24. The number of aliphatic imine (C=N–C) groups is 1. The van der Waals surface area contributed by atoms with Gasteiger partial charge < -0.3 is 10.1 Å². The van der Waals surface area contributed by atoms with E-state index in [1.54, 1.807) is 0 Å². The van der Waals surface area contributed by atoms with Crippen molar-refractivity contribution in [2.24, 2.45) is 10.9 Å². The Morgan fingerprint density at radius 1 is 1.26 bits per heavy atom. The molecular formula is C22H32N6O2S. The lowest BCUT2D eigenvalue weighted by molar-refractivity contribution is -0.119. The van der Waals surface area contributed by atoms with Crippen molar-refractivity contribution < 1.29 is 9.53 Å². The first-order chi connectivity index (χ1) is 15.1. The minimum atomic E-state index is -0.203. The van der Waals surface area contributed by atoms with Gasteiger partial charge >= 0.3 is 0 Å². The van der Waals surface area contributed by atoms with E-state index in [9.17, 15) is 4.79 Å². The number of hydrogen-bond donors (Lipinski definition) is 4. The number of nitrogens with zero attached hydrogens (tertiary/aromatic N) is 2. The van der Waals surface area contributed by atoms with Gasteiger partial charge in [-0.1, -0.05) is 31.0 Å². The number of thioether (sulfide) groups is 1. The maximum absolute atomic E-state index is 12.6. The molecule has 0 radical (unpaired) electrons. The predicted molar refractivity (Wildman–Crippen MR) is 126 cm³/mol. The van der Waals surface area contributed by atoms with Crippen molar-refractivity contribution in [1.29, 1.82) is 5.41 Å². The summed E-state index contributed by atoms with van der Waals surface area (Å²) in [5.41, 5.74) is 7.23. The van der Waals surface area contributed by atoms with E-state index in [0.29, 0.717) is 23.7 Å². The first-order valence-electron chi connectivity index (χ1n) is 11.2. The molecule has 3 atom stereocenters. The quantitative estimate of drug-likeness (QED) is 0.538. The van der Waals surface area contributed by atoms with Crippen LogP contribution in [-0.4, -0.2) is 47.5 Å². The minimum Gasteiger partial charge on any atom is -0.494 e. The van der Waals surface area contributed by atoms with Crippen LogP contribution in [0.15, 0.2) is 29.3 Å². The summed E-state index contributed by atoms with van der Waals surface area (Å²) < 4.78 is 5.56. The molecule has 8 nitrogen and oxygen atoms in total. The molecule has 4 N–H and O–H groups in total. The molecule has 1 aliphatic carbocycles. The summed E-state index contributed by atoms with van der Waals surface area (Å²) in [5.74, 6) is 1.52. The Balaban J connectivity index is 1.50. The molecular weight excluding hydrogens is 412 g/mol. The maximum Gasteiger partial charge on any atom is 0.230 e. The van der Waals surface area contributed by atoms with Gasteiger partial charge in [-0.25, -0.2) is 10.4 Å². The van der Waals surface area contributed by atoms with E-state index in [1.165, 1.54) is 31.0 Å². The molecule has 0 bridgehead atoms. The molecule has 4 rings (SSSR count). The number of hydrogen-bond acceptors (Lipinski definition) is 7. The third kappa shape index (κ3) is 5.05. The second-order valence-electron chi connectivity index (χ2n) is 8.30. The number of fused-ring (bicyclic) bond motifs is 1. The van der Waals surface area contributed by atoms with Crippen LogP contribution in [0.5, 0.6) is 5.75 Å². The largest absolute Gasteiger partial charge is 0.494 e. The zero-order chi connectivity index (χ0) is 21.8. The van der Waals surface area contributed by atoms with E-state index in [-0.39, 0.29) is 29.8 Å². The molecule has 0 spiro atoms. The van der Waals surface area contributed by atoms with Crippen LogP contribution in [0.2, 0.25) is 0 Å². The summed E-state index contributed by atoms with van der Waals surface area (Å²) in [7, 11) is 0. The molecule has 168 valence electrons. The summed E-state index contributed by atoms with van der Waals surface area (Å²) in [6.07, 6.45) is 5.57. The highest BCUT2D eigenvalue weighted by molar-refractivity contribution is 8.14. The molecule has 9 heteroatoms. The standard InChI is InChI=1S/C22H32N6O2S/c1-3-30-17-11-9-16(10-12-17)28-20(23)19-14(2)26-27-21(19)25-22(28)31-13-18(29)24-15-7-5-4-6-8-15/h9-12,14-15,19,21,23,26-27H,3-8,13H2,1-2H3,(H,24,29). The fourth-order valence-corrected chi connectivity index (χ4v) is 5.32. The first kappa shape index (κ1) is 22.1. The zero-order valence-electron chi connectivity index (χ0n) is 18.2. The van der Waals surface area contributed by atoms with Gasteiger partial charge in [-0.05, 0) is 51.0 Å². The SMILES string of the molecule is CCOc1ccc(N2C(=N)C3C(C)NNC3N=C2SCC(=O)NC2CCCCC2)cc1. The zero-order valence-corrected chi connectivity index (χ0v) is 19.0. The lowest BCUT2D eigenvalue weighted by atomic mass is 9.95. The van der Waals surface area contributed by atoms with Crippen LogP contribution in [0.3, 0.4) is 0 Å². The Kier molecular flexibility index (Phi) is 7.14. The van der Waals surface area contributed by atoms with Gasteiger partial charge in [0.25, 0.3) is 0 Å². The van der Waals surface area contributed by atoms with Crippen molar-refractivity contribution in [3.8, 4) is 5.75 Å². The molecule has 2 aliphatic heterocycles. The normalized spacial score (nSPS) is 26.4. The summed E-state index contributed by atoms with van der Waals surface area (Å²) >= 11 is 1.39. The lowest BCUT2D eigenvalue weighted by Crippen LogP contribution is -2.50. The molecule has 31 heavy (non-hydrogen) atoms. The molecule has 2 fully saturated rings. The molecule has 1 saturated carbocycles. The van der Waals surface area contributed by atoms with E-state index in [4.69, 9.17) is 15.1 Å². The number of benzene rings is 1.